The number of rotatable bonds is 5. The monoisotopic (exact) mass is 272 g/mol. The zero-order valence-corrected chi connectivity index (χ0v) is 12.5. The molecule has 3 rings (SSSR count). The van der Waals surface area contributed by atoms with Gasteiger partial charge in [0, 0.05) is 18.6 Å². The van der Waals surface area contributed by atoms with Gasteiger partial charge in [-0.2, -0.15) is 0 Å². The highest BCUT2D eigenvalue weighted by atomic mass is 15.0. The predicted molar refractivity (Wildman–Crippen MR) is 84.9 cm³/mol. The molecule has 1 aliphatic carbocycles. The molecule has 0 aromatic heterocycles. The summed E-state index contributed by atoms with van der Waals surface area (Å²) in [5.41, 5.74) is 1.43. The average molecular weight is 272 g/mol. The third kappa shape index (κ3) is 3.83. The first kappa shape index (κ1) is 14.1. The Balaban J connectivity index is 1.35. The van der Waals surface area contributed by atoms with Gasteiger partial charge in [0.15, 0.2) is 0 Å². The van der Waals surface area contributed by atoms with E-state index in [1.54, 1.807) is 0 Å². The summed E-state index contributed by atoms with van der Waals surface area (Å²) in [5.74, 6) is 0.976. The van der Waals surface area contributed by atoms with Crippen molar-refractivity contribution in [2.45, 2.75) is 57.0 Å². The maximum absolute atomic E-state index is 3.89. The zero-order valence-electron chi connectivity index (χ0n) is 12.5. The average Bonchev–Trinajstić information content (AvgIpc) is 2.52. The minimum Gasteiger partial charge on any atom is -0.315 e. The lowest BCUT2D eigenvalue weighted by atomic mass is 9.78. The van der Waals surface area contributed by atoms with Gasteiger partial charge < -0.3 is 10.6 Å². The SMILES string of the molecule is c1ccc(CCNC[C@@H]2CC[C@H]3CCCC[C@H]3N2)cc1. The van der Waals surface area contributed by atoms with Crippen LogP contribution in [0.4, 0.5) is 0 Å². The van der Waals surface area contributed by atoms with Crippen LogP contribution in [0.25, 0.3) is 0 Å². The molecule has 2 nitrogen and oxygen atoms in total. The molecule has 110 valence electrons. The van der Waals surface area contributed by atoms with E-state index in [1.165, 1.54) is 44.1 Å². The van der Waals surface area contributed by atoms with Gasteiger partial charge in [-0.05, 0) is 50.1 Å². The Labute approximate surface area is 123 Å². The number of hydrogen-bond acceptors (Lipinski definition) is 2. The van der Waals surface area contributed by atoms with E-state index in [0.29, 0.717) is 6.04 Å². The van der Waals surface area contributed by atoms with Gasteiger partial charge in [-0.3, -0.25) is 0 Å². The minimum atomic E-state index is 0.699. The lowest BCUT2D eigenvalue weighted by Gasteiger charge is -2.40. The van der Waals surface area contributed by atoms with E-state index in [9.17, 15) is 0 Å². The summed E-state index contributed by atoms with van der Waals surface area (Å²) in [6.07, 6.45) is 9.71. The summed E-state index contributed by atoms with van der Waals surface area (Å²) in [5, 5.41) is 7.53. The van der Waals surface area contributed by atoms with Crippen LogP contribution >= 0.6 is 0 Å². The molecule has 1 saturated carbocycles. The van der Waals surface area contributed by atoms with Gasteiger partial charge in [-0.1, -0.05) is 43.2 Å². The molecule has 3 atom stereocenters. The molecule has 2 N–H and O–H groups in total. The number of fused-ring (bicyclic) bond motifs is 1. The lowest BCUT2D eigenvalue weighted by molar-refractivity contribution is 0.174. The van der Waals surface area contributed by atoms with Crippen molar-refractivity contribution in [3.05, 3.63) is 35.9 Å². The normalized spacial score (nSPS) is 29.9. The van der Waals surface area contributed by atoms with Crippen molar-refractivity contribution in [1.82, 2.24) is 10.6 Å². The molecule has 0 unspecified atom stereocenters. The van der Waals surface area contributed by atoms with Crippen LogP contribution in [0.3, 0.4) is 0 Å². The number of hydrogen-bond donors (Lipinski definition) is 2. The Bertz CT molecular complexity index is 390. The Morgan fingerprint density at radius 1 is 1.00 bits per heavy atom. The van der Waals surface area contributed by atoms with Gasteiger partial charge >= 0.3 is 0 Å². The van der Waals surface area contributed by atoms with Crippen LogP contribution in [0.5, 0.6) is 0 Å². The quantitative estimate of drug-likeness (QED) is 0.805. The summed E-state index contributed by atoms with van der Waals surface area (Å²) in [7, 11) is 0. The summed E-state index contributed by atoms with van der Waals surface area (Å²) in [6, 6.07) is 12.3. The van der Waals surface area contributed by atoms with Crippen molar-refractivity contribution < 1.29 is 0 Å². The molecule has 1 aromatic carbocycles. The van der Waals surface area contributed by atoms with Gasteiger partial charge in [-0.25, -0.2) is 0 Å². The van der Waals surface area contributed by atoms with Gasteiger partial charge in [0.25, 0.3) is 0 Å². The van der Waals surface area contributed by atoms with Crippen molar-refractivity contribution in [2.24, 2.45) is 5.92 Å². The van der Waals surface area contributed by atoms with Crippen molar-refractivity contribution in [1.29, 1.82) is 0 Å². The molecule has 0 amide bonds. The second-order valence-electron chi connectivity index (χ2n) is 6.53. The summed E-state index contributed by atoms with van der Waals surface area (Å²) >= 11 is 0. The molecule has 0 bridgehead atoms. The van der Waals surface area contributed by atoms with Gasteiger partial charge in [0.2, 0.25) is 0 Å². The van der Waals surface area contributed by atoms with E-state index in [2.05, 4.69) is 41.0 Å². The smallest absolute Gasteiger partial charge is 0.0195 e. The standard InChI is InChI=1S/C18H28N2/c1-2-6-15(7-3-1)12-13-19-14-17-11-10-16-8-4-5-9-18(16)20-17/h1-3,6-7,16-20H,4-5,8-14H2/t16-,17+,18-/m1/s1. The second kappa shape index (κ2) is 7.24. The van der Waals surface area contributed by atoms with Gasteiger partial charge in [0.1, 0.15) is 0 Å². The first-order valence-corrected chi connectivity index (χ1v) is 8.42. The molecule has 1 aliphatic heterocycles. The molecule has 20 heavy (non-hydrogen) atoms. The maximum Gasteiger partial charge on any atom is 0.0195 e. The van der Waals surface area contributed by atoms with E-state index >= 15 is 0 Å². The molecular weight excluding hydrogens is 244 g/mol. The van der Waals surface area contributed by atoms with Crippen molar-refractivity contribution in [3.63, 3.8) is 0 Å². The third-order valence-corrected chi connectivity index (χ3v) is 5.07. The van der Waals surface area contributed by atoms with E-state index in [-0.39, 0.29) is 0 Å². The molecule has 0 radical (unpaired) electrons. The van der Waals surface area contributed by atoms with Gasteiger partial charge in [0.05, 0.1) is 0 Å². The molecule has 0 spiro atoms. The summed E-state index contributed by atoms with van der Waals surface area (Å²) in [4.78, 5) is 0. The summed E-state index contributed by atoms with van der Waals surface area (Å²) < 4.78 is 0. The molecule has 1 heterocycles. The fourth-order valence-corrected chi connectivity index (χ4v) is 3.89. The molecular formula is C18H28N2. The maximum atomic E-state index is 3.89. The first-order valence-electron chi connectivity index (χ1n) is 8.42. The van der Waals surface area contributed by atoms with Crippen LogP contribution in [0, 0.1) is 5.92 Å². The van der Waals surface area contributed by atoms with Crippen LogP contribution in [0.15, 0.2) is 30.3 Å². The second-order valence-corrected chi connectivity index (χ2v) is 6.53. The Hall–Kier alpha value is -0.860. The molecule has 2 aliphatic rings. The largest absolute Gasteiger partial charge is 0.315 e. The topological polar surface area (TPSA) is 24.1 Å². The van der Waals surface area contributed by atoms with E-state index < -0.39 is 0 Å². The minimum absolute atomic E-state index is 0.699. The zero-order chi connectivity index (χ0) is 13.6. The van der Waals surface area contributed by atoms with Crippen LogP contribution in [-0.4, -0.2) is 25.2 Å². The highest BCUT2D eigenvalue weighted by Gasteiger charge is 2.31. The first-order chi connectivity index (χ1) is 9.92. The molecule has 2 fully saturated rings. The van der Waals surface area contributed by atoms with Gasteiger partial charge in [-0.15, -0.1) is 0 Å². The number of piperidine rings is 1. The van der Waals surface area contributed by atoms with Crippen LogP contribution in [0.2, 0.25) is 0 Å². The Morgan fingerprint density at radius 2 is 1.85 bits per heavy atom. The van der Waals surface area contributed by atoms with E-state index in [1.807, 2.05) is 0 Å². The number of nitrogens with one attached hydrogen (secondary N) is 2. The fraction of sp³-hybridized carbons (Fsp3) is 0.667. The van der Waals surface area contributed by atoms with Crippen molar-refractivity contribution >= 4 is 0 Å². The lowest BCUT2D eigenvalue weighted by Crippen LogP contribution is -2.52. The van der Waals surface area contributed by atoms with E-state index in [4.69, 9.17) is 0 Å². The van der Waals surface area contributed by atoms with Crippen LogP contribution < -0.4 is 10.6 Å². The van der Waals surface area contributed by atoms with Crippen LogP contribution in [-0.2, 0) is 6.42 Å². The molecule has 2 heteroatoms. The Kier molecular flexibility index (Phi) is 5.10. The summed E-state index contributed by atoms with van der Waals surface area (Å²) in [6.45, 7) is 2.23. The molecule has 1 aromatic rings. The third-order valence-electron chi connectivity index (χ3n) is 5.07. The molecule has 1 saturated heterocycles. The van der Waals surface area contributed by atoms with E-state index in [0.717, 1.165) is 31.5 Å². The van der Waals surface area contributed by atoms with Crippen LogP contribution in [0.1, 0.15) is 44.1 Å². The van der Waals surface area contributed by atoms with Crippen molar-refractivity contribution in [3.8, 4) is 0 Å². The Morgan fingerprint density at radius 3 is 2.75 bits per heavy atom. The van der Waals surface area contributed by atoms with Crippen molar-refractivity contribution in [2.75, 3.05) is 13.1 Å². The highest BCUT2D eigenvalue weighted by Crippen LogP contribution is 2.31. The number of benzene rings is 1. The predicted octanol–water partition coefficient (Wildman–Crippen LogP) is 3.13. The fourth-order valence-electron chi connectivity index (χ4n) is 3.89. The highest BCUT2D eigenvalue weighted by molar-refractivity contribution is 5.14.